The number of hydrogen-bond acceptors (Lipinski definition) is 12. The van der Waals surface area contributed by atoms with Crippen molar-refractivity contribution >= 4 is 40.7 Å². The fourth-order valence-electron chi connectivity index (χ4n) is 9.14. The molecule has 1 saturated carbocycles. The first-order valence-corrected chi connectivity index (χ1v) is 20.9. The molecule has 59 heavy (non-hydrogen) atoms. The molecule has 1 aromatic heterocycles. The summed E-state index contributed by atoms with van der Waals surface area (Å²) in [4.78, 5) is 51.2. The maximum absolute atomic E-state index is 15.7. The van der Waals surface area contributed by atoms with E-state index in [1.54, 1.807) is 40.1 Å². The highest BCUT2D eigenvalue weighted by atomic mass is 19.1. The summed E-state index contributed by atoms with van der Waals surface area (Å²) in [5.41, 5.74) is 2.16. The number of halogens is 3. The number of benzene rings is 2. The molecule has 17 heteroatoms. The minimum atomic E-state index is -1.17. The summed E-state index contributed by atoms with van der Waals surface area (Å²) < 4.78 is 51.2. The van der Waals surface area contributed by atoms with Gasteiger partial charge in [0.05, 0.1) is 25.0 Å². The molecule has 4 aliphatic heterocycles. The minimum Gasteiger partial charge on any atom is -0.374 e. The molecule has 2 aromatic carbocycles. The maximum Gasteiger partial charge on any atom is 0.249 e. The number of nitrogens with one attached hydrogen (secondary N) is 4. The van der Waals surface area contributed by atoms with Gasteiger partial charge in [-0.1, -0.05) is 12.1 Å². The van der Waals surface area contributed by atoms with E-state index >= 15 is 8.78 Å². The predicted octanol–water partition coefficient (Wildman–Crippen LogP) is 4.31. The lowest BCUT2D eigenvalue weighted by molar-refractivity contribution is -0.133. The number of rotatable bonds is 10. The van der Waals surface area contributed by atoms with Crippen LogP contribution < -0.4 is 31.1 Å². The summed E-state index contributed by atoms with van der Waals surface area (Å²) in [6.45, 7) is 3.00. The van der Waals surface area contributed by atoms with Crippen molar-refractivity contribution in [2.45, 2.75) is 101 Å². The zero-order chi connectivity index (χ0) is 41.0. The second-order valence-electron chi connectivity index (χ2n) is 16.3. The Morgan fingerprint density at radius 3 is 2.46 bits per heavy atom. The third kappa shape index (κ3) is 9.57. The molecule has 8 rings (SSSR count). The summed E-state index contributed by atoms with van der Waals surface area (Å²) in [7, 11) is 0. The molecule has 0 radical (unpaired) electrons. The van der Waals surface area contributed by atoms with Crippen molar-refractivity contribution < 1.29 is 37.4 Å². The van der Waals surface area contributed by atoms with Crippen LogP contribution in [0.5, 0.6) is 0 Å². The van der Waals surface area contributed by atoms with E-state index in [4.69, 9.17) is 4.74 Å². The molecule has 4 atom stereocenters. The van der Waals surface area contributed by atoms with Gasteiger partial charge in [-0.2, -0.15) is 0 Å². The highest BCUT2D eigenvalue weighted by molar-refractivity contribution is 6.01. The lowest BCUT2D eigenvalue weighted by Gasteiger charge is -2.44. The van der Waals surface area contributed by atoms with Gasteiger partial charge in [-0.25, -0.2) is 23.1 Å². The van der Waals surface area contributed by atoms with E-state index in [9.17, 15) is 23.9 Å². The van der Waals surface area contributed by atoms with E-state index in [0.717, 1.165) is 38.3 Å². The SMILES string of the molecule is O=C1CCC(Nc2ccc(N3CCC(N4CCC(NC(=O)C5CCC(Nc6ncc(F)c(-c7cccc(N8CCCOC8O)c7)n6)CC5)CC4)C(F)C3)c(F)c2)C(=O)N1. The number of piperidine rings is 3. The molecule has 5 N–H and O–H groups in total. The first kappa shape index (κ1) is 40.8. The summed E-state index contributed by atoms with van der Waals surface area (Å²) in [6.07, 6.45) is 5.10. The van der Waals surface area contributed by atoms with Crippen LogP contribution in [0.25, 0.3) is 11.3 Å². The van der Waals surface area contributed by atoms with Crippen molar-refractivity contribution in [2.75, 3.05) is 59.8 Å². The number of aromatic nitrogens is 2. The Balaban J connectivity index is 0.765. The summed E-state index contributed by atoms with van der Waals surface area (Å²) in [5.74, 6) is -1.57. The molecule has 4 unspecified atom stereocenters. The molecule has 0 spiro atoms. The Hall–Kier alpha value is -5.00. The summed E-state index contributed by atoms with van der Waals surface area (Å²) in [6, 6.07) is 10.9. The van der Waals surface area contributed by atoms with Crippen LogP contribution in [-0.4, -0.2) is 114 Å². The number of aliphatic hydroxyl groups excluding tert-OH is 1. The topological polar surface area (TPSA) is 164 Å². The third-order valence-corrected chi connectivity index (χ3v) is 12.4. The fraction of sp³-hybridized carbons (Fsp3) is 0.548. The minimum absolute atomic E-state index is 0.0179. The maximum atomic E-state index is 15.7. The van der Waals surface area contributed by atoms with E-state index in [0.29, 0.717) is 87.0 Å². The molecular weight excluding hydrogens is 768 g/mol. The molecule has 316 valence electrons. The van der Waals surface area contributed by atoms with Gasteiger partial charge in [-0.3, -0.25) is 24.6 Å². The van der Waals surface area contributed by atoms with Crippen molar-refractivity contribution in [1.29, 1.82) is 0 Å². The number of imide groups is 1. The van der Waals surface area contributed by atoms with E-state index < -0.39 is 36.2 Å². The van der Waals surface area contributed by atoms with Crippen molar-refractivity contribution in [3.8, 4) is 11.3 Å². The van der Waals surface area contributed by atoms with Gasteiger partial charge in [-0.15, -0.1) is 0 Å². The number of carbonyl (C=O) groups excluding carboxylic acids is 3. The Labute approximate surface area is 341 Å². The first-order chi connectivity index (χ1) is 28.6. The van der Waals surface area contributed by atoms with Gasteiger partial charge in [0.2, 0.25) is 30.1 Å². The largest absolute Gasteiger partial charge is 0.374 e. The number of alkyl halides is 1. The van der Waals surface area contributed by atoms with Gasteiger partial charge < -0.3 is 35.6 Å². The number of amides is 3. The van der Waals surface area contributed by atoms with Gasteiger partial charge in [0, 0.05) is 73.6 Å². The molecule has 5 aliphatic rings. The Kier molecular flexibility index (Phi) is 12.5. The smallest absolute Gasteiger partial charge is 0.249 e. The first-order valence-electron chi connectivity index (χ1n) is 20.9. The summed E-state index contributed by atoms with van der Waals surface area (Å²) in [5, 5.41) is 22.1. The van der Waals surface area contributed by atoms with Crippen molar-refractivity contribution in [2.24, 2.45) is 5.92 Å². The summed E-state index contributed by atoms with van der Waals surface area (Å²) >= 11 is 0. The van der Waals surface area contributed by atoms with E-state index in [1.807, 2.05) is 6.07 Å². The van der Waals surface area contributed by atoms with E-state index in [1.165, 1.54) is 6.07 Å². The van der Waals surface area contributed by atoms with E-state index in [2.05, 4.69) is 36.1 Å². The van der Waals surface area contributed by atoms with Crippen LogP contribution in [0.1, 0.15) is 64.2 Å². The normalized spacial score (nSPS) is 27.3. The highest BCUT2D eigenvalue weighted by Crippen LogP contribution is 2.32. The second-order valence-corrected chi connectivity index (χ2v) is 16.3. The molecular formula is C42H52F3N9O5. The van der Waals surface area contributed by atoms with Crippen LogP contribution in [0.4, 0.5) is 36.2 Å². The molecule has 3 aromatic rings. The number of ether oxygens (including phenoxy) is 1. The number of likely N-dealkylation sites (tertiary alicyclic amines) is 1. The van der Waals surface area contributed by atoms with Gasteiger partial charge in [0.15, 0.2) is 5.82 Å². The van der Waals surface area contributed by atoms with Gasteiger partial charge in [0.1, 0.15) is 23.7 Å². The van der Waals surface area contributed by atoms with Crippen molar-refractivity contribution in [3.05, 3.63) is 60.3 Å². The van der Waals surface area contributed by atoms with E-state index in [-0.39, 0.29) is 54.5 Å². The standard InChI is InChI=1S/C42H52F3N9O5/c43-31-22-29(47-34-10-12-37(55)50-40(34)57)9-11-35(31)53-19-15-36(33(45)24-53)52-17-13-28(14-18-52)48-39(56)25-5-7-27(8-6-25)49-41-46-23-32(44)38(51-41)26-3-1-4-30(21-26)54-16-2-20-59-42(54)58/h1,3-4,9,11,21-23,25,27-28,33-34,36,42,47,58H,2,5-8,10,12-20,24H2,(H,48,56)(H,46,49,51)(H,50,55,57). The Morgan fingerprint density at radius 1 is 0.898 bits per heavy atom. The average molecular weight is 820 g/mol. The second kappa shape index (κ2) is 18.1. The van der Waals surface area contributed by atoms with Crippen LogP contribution >= 0.6 is 0 Å². The zero-order valence-corrected chi connectivity index (χ0v) is 32.9. The predicted molar refractivity (Wildman–Crippen MR) is 215 cm³/mol. The Bertz CT molecular complexity index is 2000. The molecule has 3 amide bonds. The molecule has 5 fully saturated rings. The van der Waals surface area contributed by atoms with Crippen LogP contribution in [0.15, 0.2) is 48.7 Å². The van der Waals surface area contributed by atoms with Gasteiger partial charge in [0.25, 0.3) is 0 Å². The molecule has 14 nitrogen and oxygen atoms in total. The highest BCUT2D eigenvalue weighted by Gasteiger charge is 2.37. The monoisotopic (exact) mass is 819 g/mol. The lowest BCUT2D eigenvalue weighted by atomic mass is 9.85. The molecule has 4 saturated heterocycles. The Morgan fingerprint density at radius 2 is 1.71 bits per heavy atom. The molecule has 1 aliphatic carbocycles. The van der Waals surface area contributed by atoms with Crippen LogP contribution in [0.2, 0.25) is 0 Å². The number of aliphatic hydroxyl groups is 1. The number of carbonyl (C=O) groups is 3. The van der Waals surface area contributed by atoms with Gasteiger partial charge >= 0.3 is 0 Å². The molecule has 5 heterocycles. The zero-order valence-electron chi connectivity index (χ0n) is 32.9. The number of hydrogen-bond donors (Lipinski definition) is 5. The average Bonchev–Trinajstić information content (AvgIpc) is 3.23. The van der Waals surface area contributed by atoms with Crippen LogP contribution in [0.3, 0.4) is 0 Å². The number of anilines is 4. The fourth-order valence-corrected chi connectivity index (χ4v) is 9.14. The number of nitrogens with zero attached hydrogens (tertiary/aromatic N) is 5. The van der Waals surface area contributed by atoms with Crippen LogP contribution in [0, 0.1) is 17.6 Å². The lowest BCUT2D eigenvalue weighted by Crippen LogP contribution is -2.56. The van der Waals surface area contributed by atoms with Crippen molar-refractivity contribution in [1.82, 2.24) is 25.5 Å². The van der Waals surface area contributed by atoms with Gasteiger partial charge in [-0.05, 0) is 88.1 Å². The quantitative estimate of drug-likeness (QED) is 0.185. The van der Waals surface area contributed by atoms with Crippen LogP contribution in [-0.2, 0) is 19.1 Å². The third-order valence-electron chi connectivity index (χ3n) is 12.4. The van der Waals surface area contributed by atoms with Crippen molar-refractivity contribution in [3.63, 3.8) is 0 Å². The molecule has 0 bridgehead atoms.